The molecule has 4 aromatic rings. The van der Waals surface area contributed by atoms with Gasteiger partial charge in [-0.1, -0.05) is 36.8 Å². The molecule has 0 saturated carbocycles. The summed E-state index contributed by atoms with van der Waals surface area (Å²) in [5, 5.41) is 6.57. The third kappa shape index (κ3) is 4.00. The number of thiophene rings is 1. The van der Waals surface area contributed by atoms with Gasteiger partial charge in [0.25, 0.3) is 5.56 Å². The van der Waals surface area contributed by atoms with Crippen molar-refractivity contribution in [3.8, 4) is 11.5 Å². The molecule has 4 heterocycles. The zero-order valence-corrected chi connectivity index (χ0v) is 17.2. The first-order valence-corrected chi connectivity index (χ1v) is 10.8. The summed E-state index contributed by atoms with van der Waals surface area (Å²) >= 11 is 2.87. The van der Waals surface area contributed by atoms with Gasteiger partial charge < -0.3 is 4.52 Å². The van der Waals surface area contributed by atoms with Crippen LogP contribution in [0.4, 0.5) is 0 Å². The van der Waals surface area contributed by atoms with E-state index >= 15 is 0 Å². The van der Waals surface area contributed by atoms with Crippen LogP contribution < -0.4 is 5.56 Å². The first-order valence-electron chi connectivity index (χ1n) is 8.96. The zero-order chi connectivity index (χ0) is 19.5. The summed E-state index contributed by atoms with van der Waals surface area (Å²) in [4.78, 5) is 26.2. The van der Waals surface area contributed by atoms with E-state index in [4.69, 9.17) is 4.52 Å². The Bertz CT molecular complexity index is 1130. The van der Waals surface area contributed by atoms with Crippen molar-refractivity contribution in [2.75, 3.05) is 0 Å². The number of aromatic nitrogens is 5. The highest BCUT2D eigenvalue weighted by atomic mass is 32.2. The second-order valence-corrected chi connectivity index (χ2v) is 8.54. The van der Waals surface area contributed by atoms with Gasteiger partial charge >= 0.3 is 0 Å². The Morgan fingerprint density at radius 1 is 1.25 bits per heavy atom. The Labute approximate surface area is 169 Å². The van der Waals surface area contributed by atoms with E-state index in [0.29, 0.717) is 45.5 Å². The lowest BCUT2D eigenvalue weighted by molar-refractivity contribution is 0.391. The molecule has 28 heavy (non-hydrogen) atoms. The molecule has 0 fully saturated rings. The van der Waals surface area contributed by atoms with Gasteiger partial charge in [-0.15, -0.1) is 11.3 Å². The van der Waals surface area contributed by atoms with E-state index < -0.39 is 0 Å². The summed E-state index contributed by atoms with van der Waals surface area (Å²) in [7, 11) is 0. The molecular formula is C19H19N5O2S2. The van der Waals surface area contributed by atoms with Gasteiger partial charge in [0.05, 0.1) is 11.3 Å². The minimum absolute atomic E-state index is 0.0165. The molecule has 7 nitrogen and oxygen atoms in total. The average molecular weight is 414 g/mol. The summed E-state index contributed by atoms with van der Waals surface area (Å²) in [6, 6.07) is 7.42. The van der Waals surface area contributed by atoms with Crippen LogP contribution in [-0.2, 0) is 12.3 Å². The number of nitrogens with zero attached hydrogens (tertiary/aromatic N) is 5. The summed E-state index contributed by atoms with van der Waals surface area (Å²) in [6.45, 7) is 4.93. The van der Waals surface area contributed by atoms with Crippen molar-refractivity contribution >= 4 is 33.3 Å². The monoisotopic (exact) mass is 413 g/mol. The lowest BCUT2D eigenvalue weighted by atomic mass is 10.1. The second-order valence-electron chi connectivity index (χ2n) is 6.68. The lowest BCUT2D eigenvalue weighted by Gasteiger charge is -2.12. The molecule has 0 aromatic carbocycles. The summed E-state index contributed by atoms with van der Waals surface area (Å²) < 4.78 is 7.81. The largest absolute Gasteiger partial charge is 0.338 e. The number of hydrogen-bond acceptors (Lipinski definition) is 8. The van der Waals surface area contributed by atoms with E-state index in [9.17, 15) is 4.79 Å². The minimum Gasteiger partial charge on any atom is -0.338 e. The zero-order valence-electron chi connectivity index (χ0n) is 15.5. The van der Waals surface area contributed by atoms with Crippen LogP contribution in [0, 0.1) is 5.92 Å². The van der Waals surface area contributed by atoms with Crippen LogP contribution in [0.1, 0.15) is 26.2 Å². The number of pyridine rings is 1. The van der Waals surface area contributed by atoms with Crippen molar-refractivity contribution in [2.24, 2.45) is 5.92 Å². The third-order valence-corrected chi connectivity index (χ3v) is 6.00. The van der Waals surface area contributed by atoms with E-state index in [1.807, 2.05) is 29.6 Å². The van der Waals surface area contributed by atoms with Gasteiger partial charge in [0.1, 0.15) is 10.4 Å². The number of fused-ring (bicyclic) bond motifs is 1. The summed E-state index contributed by atoms with van der Waals surface area (Å²) in [5.41, 5.74) is 1.41. The minimum atomic E-state index is 0.0165. The Hall–Kier alpha value is -2.52. The topological polar surface area (TPSA) is 86.7 Å². The Kier molecular flexibility index (Phi) is 5.54. The molecule has 0 amide bonds. The molecular weight excluding hydrogens is 394 g/mol. The van der Waals surface area contributed by atoms with Crippen molar-refractivity contribution < 1.29 is 4.52 Å². The van der Waals surface area contributed by atoms with Crippen LogP contribution in [0.5, 0.6) is 0 Å². The molecule has 0 spiro atoms. The fourth-order valence-electron chi connectivity index (χ4n) is 2.66. The third-order valence-electron chi connectivity index (χ3n) is 4.15. The number of hydrogen-bond donors (Lipinski definition) is 0. The molecule has 0 bridgehead atoms. The van der Waals surface area contributed by atoms with Gasteiger partial charge in [-0.3, -0.25) is 14.3 Å². The molecule has 0 atom stereocenters. The van der Waals surface area contributed by atoms with Crippen LogP contribution in [0.25, 0.3) is 21.7 Å². The van der Waals surface area contributed by atoms with E-state index in [2.05, 4.69) is 34.0 Å². The van der Waals surface area contributed by atoms with Crippen molar-refractivity contribution in [1.29, 1.82) is 0 Å². The summed E-state index contributed by atoms with van der Waals surface area (Å²) in [6.07, 6.45) is 2.60. The predicted molar refractivity (Wildman–Crippen MR) is 110 cm³/mol. The lowest BCUT2D eigenvalue weighted by Crippen LogP contribution is -2.23. The van der Waals surface area contributed by atoms with Crippen LogP contribution in [-0.4, -0.2) is 24.7 Å². The van der Waals surface area contributed by atoms with Gasteiger partial charge in [0.2, 0.25) is 11.7 Å². The molecule has 0 N–H and O–H groups in total. The van der Waals surface area contributed by atoms with E-state index in [1.54, 1.807) is 10.8 Å². The van der Waals surface area contributed by atoms with Crippen molar-refractivity contribution in [3.63, 3.8) is 0 Å². The molecule has 9 heteroatoms. The highest BCUT2D eigenvalue weighted by Crippen LogP contribution is 2.25. The van der Waals surface area contributed by atoms with Crippen LogP contribution in [0.15, 0.2) is 50.3 Å². The van der Waals surface area contributed by atoms with Crippen LogP contribution in [0.3, 0.4) is 0 Å². The van der Waals surface area contributed by atoms with Gasteiger partial charge in [-0.25, -0.2) is 4.98 Å². The molecule has 0 unspecified atom stereocenters. The van der Waals surface area contributed by atoms with Gasteiger partial charge in [-0.05, 0) is 35.9 Å². The van der Waals surface area contributed by atoms with Crippen LogP contribution in [0.2, 0.25) is 0 Å². The van der Waals surface area contributed by atoms with Crippen LogP contribution >= 0.6 is 23.1 Å². The quantitative estimate of drug-likeness (QED) is 0.331. The van der Waals surface area contributed by atoms with E-state index in [0.717, 1.165) is 11.9 Å². The summed E-state index contributed by atoms with van der Waals surface area (Å²) in [5.74, 6) is 1.86. The van der Waals surface area contributed by atoms with Gasteiger partial charge in [0, 0.05) is 12.7 Å². The maximum atomic E-state index is 12.9. The standard InChI is InChI=1S/C19H19N5O2S2/c1-12(2)6-9-24-18(25)16-13(7-10-27-16)21-19(24)28-11-15-22-17(23-26-15)14-5-3-4-8-20-14/h3-5,7-8,10,12H,6,9,11H2,1-2H3. The van der Waals surface area contributed by atoms with Gasteiger partial charge in [-0.2, -0.15) is 4.98 Å². The highest BCUT2D eigenvalue weighted by molar-refractivity contribution is 7.98. The molecule has 0 radical (unpaired) electrons. The second kappa shape index (κ2) is 8.24. The maximum absolute atomic E-state index is 12.9. The normalized spacial score (nSPS) is 11.5. The first-order chi connectivity index (χ1) is 13.6. The molecule has 144 valence electrons. The molecule has 4 rings (SSSR count). The Morgan fingerprint density at radius 3 is 2.93 bits per heavy atom. The molecule has 4 aromatic heterocycles. The van der Waals surface area contributed by atoms with Crippen molar-refractivity contribution in [2.45, 2.75) is 37.7 Å². The predicted octanol–water partition coefficient (Wildman–Crippen LogP) is 4.24. The van der Waals surface area contributed by atoms with Crippen molar-refractivity contribution in [3.05, 3.63) is 52.1 Å². The van der Waals surface area contributed by atoms with Crippen molar-refractivity contribution in [1.82, 2.24) is 24.7 Å². The molecule has 0 aliphatic carbocycles. The van der Waals surface area contributed by atoms with Gasteiger partial charge in [0.15, 0.2) is 5.16 Å². The first kappa shape index (κ1) is 18.8. The van der Waals surface area contributed by atoms with E-state index in [1.165, 1.54) is 23.1 Å². The number of thioether (sulfide) groups is 1. The fourth-order valence-corrected chi connectivity index (χ4v) is 4.30. The SMILES string of the molecule is CC(C)CCn1c(SCc2nc(-c3ccccn3)no2)nc2ccsc2c1=O. The smallest absolute Gasteiger partial charge is 0.272 e. The fraction of sp³-hybridized carbons (Fsp3) is 0.316. The Morgan fingerprint density at radius 2 is 2.14 bits per heavy atom. The average Bonchev–Trinajstić information content (AvgIpc) is 3.36. The highest BCUT2D eigenvalue weighted by Gasteiger charge is 2.15. The molecule has 0 saturated heterocycles. The Balaban J connectivity index is 1.58. The number of rotatable bonds is 7. The molecule has 0 aliphatic rings. The van der Waals surface area contributed by atoms with E-state index in [-0.39, 0.29) is 5.56 Å². The maximum Gasteiger partial charge on any atom is 0.272 e. The molecule has 0 aliphatic heterocycles.